The molecular formula is C14H20N2O3S. The van der Waals surface area contributed by atoms with Crippen LogP contribution in [0.15, 0.2) is 24.3 Å². The highest BCUT2D eigenvalue weighted by atomic mass is 32.2. The van der Waals surface area contributed by atoms with Crippen LogP contribution in [-0.2, 0) is 16.0 Å². The molecule has 0 fully saturated rings. The number of rotatable bonds is 8. The van der Waals surface area contributed by atoms with E-state index in [1.165, 1.54) is 0 Å². The van der Waals surface area contributed by atoms with Gasteiger partial charge >= 0.3 is 5.97 Å². The summed E-state index contributed by atoms with van der Waals surface area (Å²) in [5.74, 6) is -0.264. The Balaban J connectivity index is 2.66. The number of thioether (sulfide) groups is 1. The minimum Gasteiger partial charge on any atom is -0.481 e. The van der Waals surface area contributed by atoms with E-state index in [-0.39, 0.29) is 12.3 Å². The van der Waals surface area contributed by atoms with Crippen LogP contribution in [0.3, 0.4) is 0 Å². The van der Waals surface area contributed by atoms with E-state index in [0.29, 0.717) is 18.5 Å². The van der Waals surface area contributed by atoms with Crippen molar-refractivity contribution in [3.63, 3.8) is 0 Å². The topological polar surface area (TPSA) is 92.4 Å². The predicted octanol–water partition coefficient (Wildman–Crippen LogP) is 1.72. The number of carboxylic acid groups (broad SMARTS) is 1. The largest absolute Gasteiger partial charge is 0.481 e. The highest BCUT2D eigenvalue weighted by Crippen LogP contribution is 2.17. The molecule has 0 aromatic heterocycles. The number of benzene rings is 1. The zero-order chi connectivity index (χ0) is 15.0. The van der Waals surface area contributed by atoms with Crippen molar-refractivity contribution >= 4 is 29.3 Å². The Morgan fingerprint density at radius 3 is 2.75 bits per heavy atom. The van der Waals surface area contributed by atoms with Gasteiger partial charge < -0.3 is 16.2 Å². The van der Waals surface area contributed by atoms with E-state index in [1.807, 2.05) is 18.4 Å². The van der Waals surface area contributed by atoms with Gasteiger partial charge in [-0.05, 0) is 36.5 Å². The Morgan fingerprint density at radius 1 is 1.40 bits per heavy atom. The first-order chi connectivity index (χ1) is 9.54. The summed E-state index contributed by atoms with van der Waals surface area (Å²) < 4.78 is 0. The second-order valence-electron chi connectivity index (χ2n) is 4.43. The van der Waals surface area contributed by atoms with Crippen LogP contribution in [0.1, 0.15) is 18.4 Å². The van der Waals surface area contributed by atoms with Crippen molar-refractivity contribution < 1.29 is 14.7 Å². The third kappa shape index (κ3) is 5.63. The van der Waals surface area contributed by atoms with Crippen LogP contribution >= 0.6 is 11.8 Å². The van der Waals surface area contributed by atoms with E-state index < -0.39 is 12.0 Å². The second-order valence-corrected chi connectivity index (χ2v) is 5.41. The smallest absolute Gasteiger partial charge is 0.303 e. The maximum Gasteiger partial charge on any atom is 0.303 e. The van der Waals surface area contributed by atoms with Crippen molar-refractivity contribution in [1.82, 2.24) is 0 Å². The van der Waals surface area contributed by atoms with Gasteiger partial charge in [-0.25, -0.2) is 0 Å². The maximum atomic E-state index is 11.9. The zero-order valence-electron chi connectivity index (χ0n) is 11.5. The summed E-state index contributed by atoms with van der Waals surface area (Å²) in [5, 5.41) is 11.5. The summed E-state index contributed by atoms with van der Waals surface area (Å²) in [6.07, 6.45) is 2.99. The molecule has 0 saturated heterocycles. The number of anilines is 1. The molecule has 0 aliphatic heterocycles. The standard InChI is InChI=1S/C14H20N2O3S/c1-20-9-8-11(15)14(19)16-12-5-3-2-4-10(12)6-7-13(17)18/h2-5,11H,6-9,15H2,1H3,(H,16,19)(H,17,18)/t11-/m1/s1. The van der Waals surface area contributed by atoms with Gasteiger partial charge in [0.15, 0.2) is 0 Å². The molecule has 1 rings (SSSR count). The summed E-state index contributed by atoms with van der Waals surface area (Å²) in [5.41, 5.74) is 7.25. The first-order valence-corrected chi connectivity index (χ1v) is 7.79. The lowest BCUT2D eigenvalue weighted by Gasteiger charge is -2.14. The summed E-state index contributed by atoms with van der Waals surface area (Å²) in [6, 6.07) is 6.64. The number of nitrogens with two attached hydrogens (primary N) is 1. The number of hydrogen-bond acceptors (Lipinski definition) is 4. The number of aliphatic carboxylic acids is 1. The van der Waals surface area contributed by atoms with Crippen LogP contribution < -0.4 is 11.1 Å². The molecule has 0 heterocycles. The Hall–Kier alpha value is -1.53. The van der Waals surface area contributed by atoms with Gasteiger partial charge in [0.25, 0.3) is 0 Å². The van der Waals surface area contributed by atoms with E-state index in [2.05, 4.69) is 5.32 Å². The molecule has 0 unspecified atom stereocenters. The minimum atomic E-state index is -0.859. The van der Waals surface area contributed by atoms with E-state index in [0.717, 1.165) is 11.3 Å². The molecule has 1 atom stereocenters. The molecule has 0 radical (unpaired) electrons. The summed E-state index contributed by atoms with van der Waals surface area (Å²) in [6.45, 7) is 0. The maximum absolute atomic E-state index is 11.9. The summed E-state index contributed by atoms with van der Waals surface area (Å²) in [7, 11) is 0. The molecule has 20 heavy (non-hydrogen) atoms. The Kier molecular flexibility index (Phi) is 7.11. The Morgan fingerprint density at radius 2 is 2.10 bits per heavy atom. The number of aryl methyl sites for hydroxylation is 1. The third-order valence-corrected chi connectivity index (χ3v) is 3.50. The monoisotopic (exact) mass is 296 g/mol. The van der Waals surface area contributed by atoms with E-state index >= 15 is 0 Å². The van der Waals surface area contributed by atoms with Gasteiger partial charge in [-0.3, -0.25) is 9.59 Å². The molecule has 4 N–H and O–H groups in total. The lowest BCUT2D eigenvalue weighted by atomic mass is 10.1. The van der Waals surface area contributed by atoms with Gasteiger partial charge in [-0.15, -0.1) is 0 Å². The Labute approximate surface area is 122 Å². The number of carbonyl (C=O) groups is 2. The predicted molar refractivity (Wildman–Crippen MR) is 82.0 cm³/mol. The molecule has 0 aliphatic carbocycles. The van der Waals surface area contributed by atoms with Crippen molar-refractivity contribution in [2.45, 2.75) is 25.3 Å². The van der Waals surface area contributed by atoms with Crippen molar-refractivity contribution in [3.8, 4) is 0 Å². The van der Waals surface area contributed by atoms with Gasteiger partial charge in [-0.2, -0.15) is 11.8 Å². The second kappa shape index (κ2) is 8.60. The Bertz CT molecular complexity index is 465. The highest BCUT2D eigenvalue weighted by molar-refractivity contribution is 7.98. The molecule has 1 amide bonds. The normalized spacial score (nSPS) is 11.9. The van der Waals surface area contributed by atoms with Gasteiger partial charge in [0.1, 0.15) is 0 Å². The zero-order valence-corrected chi connectivity index (χ0v) is 12.3. The van der Waals surface area contributed by atoms with Gasteiger partial charge in [-0.1, -0.05) is 18.2 Å². The molecule has 0 aliphatic rings. The number of carboxylic acids is 1. The SMILES string of the molecule is CSCC[C@@H](N)C(=O)Nc1ccccc1CCC(=O)O. The molecule has 0 bridgehead atoms. The molecule has 0 spiro atoms. The molecule has 1 aromatic carbocycles. The molecular weight excluding hydrogens is 276 g/mol. The number of hydrogen-bond donors (Lipinski definition) is 3. The van der Waals surface area contributed by atoms with Crippen molar-refractivity contribution in [3.05, 3.63) is 29.8 Å². The van der Waals surface area contributed by atoms with Gasteiger partial charge in [0, 0.05) is 12.1 Å². The van der Waals surface area contributed by atoms with Gasteiger partial charge in [0.2, 0.25) is 5.91 Å². The lowest BCUT2D eigenvalue weighted by Crippen LogP contribution is -2.36. The summed E-state index contributed by atoms with van der Waals surface area (Å²) >= 11 is 1.64. The average molecular weight is 296 g/mol. The van der Waals surface area contributed by atoms with Gasteiger partial charge in [0.05, 0.1) is 6.04 Å². The molecule has 1 aromatic rings. The van der Waals surface area contributed by atoms with Crippen LogP contribution in [0.5, 0.6) is 0 Å². The van der Waals surface area contributed by atoms with Crippen molar-refractivity contribution in [1.29, 1.82) is 0 Å². The minimum absolute atomic E-state index is 0.0331. The van der Waals surface area contributed by atoms with Crippen molar-refractivity contribution in [2.75, 3.05) is 17.3 Å². The van der Waals surface area contributed by atoms with Crippen molar-refractivity contribution in [2.24, 2.45) is 5.73 Å². The molecule has 6 heteroatoms. The fraction of sp³-hybridized carbons (Fsp3) is 0.429. The first-order valence-electron chi connectivity index (χ1n) is 6.39. The van der Waals surface area contributed by atoms with E-state index in [4.69, 9.17) is 10.8 Å². The highest BCUT2D eigenvalue weighted by Gasteiger charge is 2.14. The number of para-hydroxylation sites is 1. The number of amides is 1. The van der Waals surface area contributed by atoms with E-state index in [1.54, 1.807) is 23.9 Å². The quantitative estimate of drug-likeness (QED) is 0.679. The van der Waals surface area contributed by atoms with E-state index in [9.17, 15) is 9.59 Å². The average Bonchev–Trinajstić information content (AvgIpc) is 2.43. The molecule has 5 nitrogen and oxygen atoms in total. The number of nitrogens with one attached hydrogen (secondary N) is 1. The third-order valence-electron chi connectivity index (χ3n) is 2.85. The molecule has 0 saturated carbocycles. The van der Waals surface area contributed by atoms with Crippen LogP contribution in [0.2, 0.25) is 0 Å². The molecule has 110 valence electrons. The number of carbonyl (C=O) groups excluding carboxylic acids is 1. The summed E-state index contributed by atoms with van der Waals surface area (Å²) in [4.78, 5) is 22.6. The van der Waals surface area contributed by atoms with Crippen LogP contribution in [0, 0.1) is 0 Å². The van der Waals surface area contributed by atoms with Crippen LogP contribution in [0.4, 0.5) is 5.69 Å². The fourth-order valence-electron chi connectivity index (χ4n) is 1.70. The lowest BCUT2D eigenvalue weighted by molar-refractivity contribution is -0.136. The fourth-order valence-corrected chi connectivity index (χ4v) is 2.19. The first kappa shape index (κ1) is 16.5. The van der Waals surface area contributed by atoms with Crippen LogP contribution in [-0.4, -0.2) is 35.0 Å². The van der Waals surface area contributed by atoms with Crippen LogP contribution in [0.25, 0.3) is 0 Å².